The number of nitrogens with two attached hydrogens (primary N) is 1. The first kappa shape index (κ1) is 15.0. The zero-order valence-corrected chi connectivity index (χ0v) is 10.9. The van der Waals surface area contributed by atoms with Crippen molar-refractivity contribution >= 4 is 0 Å². The molecule has 1 atom stereocenters. The molecule has 5 heteroatoms. The predicted octanol–water partition coefficient (Wildman–Crippen LogP) is 2.94. The molecule has 1 aromatic carbocycles. The number of hydrogen-bond donors (Lipinski definition) is 2. The number of benzene rings is 1. The van der Waals surface area contributed by atoms with Gasteiger partial charge in [0.2, 0.25) is 0 Å². The lowest BCUT2D eigenvalue weighted by Crippen LogP contribution is -2.40. The summed E-state index contributed by atoms with van der Waals surface area (Å²) in [6.45, 7) is 5.80. The highest BCUT2D eigenvalue weighted by Gasteiger charge is 2.31. The zero-order valence-electron chi connectivity index (χ0n) is 10.9. The van der Waals surface area contributed by atoms with Crippen molar-refractivity contribution in [1.29, 1.82) is 0 Å². The molecule has 0 aliphatic rings. The summed E-state index contributed by atoms with van der Waals surface area (Å²) in [5.41, 5.74) is 6.33. The molecule has 0 saturated heterocycles. The first-order chi connectivity index (χ1) is 8.23. The normalized spacial score (nSPS) is 13.7. The van der Waals surface area contributed by atoms with Gasteiger partial charge in [0.15, 0.2) is 0 Å². The SMILES string of the molecule is Cc1cc(C)c(CC(CC(F)(F)F)NN)c(C)c1. The Kier molecular flexibility index (Phi) is 4.76. The molecule has 18 heavy (non-hydrogen) atoms. The lowest BCUT2D eigenvalue weighted by Gasteiger charge is -2.20. The molecule has 1 rings (SSSR count). The Bertz CT molecular complexity index is 390. The Labute approximate surface area is 105 Å². The molecule has 2 nitrogen and oxygen atoms in total. The third-order valence-corrected chi connectivity index (χ3v) is 3.00. The first-order valence-electron chi connectivity index (χ1n) is 5.82. The Hall–Kier alpha value is -1.07. The van der Waals surface area contributed by atoms with Crippen LogP contribution in [0.4, 0.5) is 13.2 Å². The second-order valence-corrected chi connectivity index (χ2v) is 4.76. The number of rotatable bonds is 4. The fourth-order valence-corrected chi connectivity index (χ4v) is 2.25. The second-order valence-electron chi connectivity index (χ2n) is 4.76. The highest BCUT2D eigenvalue weighted by atomic mass is 19.4. The minimum absolute atomic E-state index is 0.286. The van der Waals surface area contributed by atoms with Crippen LogP contribution in [0.2, 0.25) is 0 Å². The van der Waals surface area contributed by atoms with Crippen LogP contribution in [0.15, 0.2) is 12.1 Å². The Morgan fingerprint density at radius 3 is 2.06 bits per heavy atom. The molecule has 0 aliphatic heterocycles. The lowest BCUT2D eigenvalue weighted by molar-refractivity contribution is -0.140. The highest BCUT2D eigenvalue weighted by Crippen LogP contribution is 2.25. The number of nitrogens with one attached hydrogen (secondary N) is 1. The molecule has 1 unspecified atom stereocenters. The number of hydrazine groups is 1. The number of halogens is 3. The van der Waals surface area contributed by atoms with E-state index in [0.717, 1.165) is 22.3 Å². The lowest BCUT2D eigenvalue weighted by atomic mass is 9.93. The van der Waals surface area contributed by atoms with Gasteiger partial charge in [-0.3, -0.25) is 11.3 Å². The average Bonchev–Trinajstić information content (AvgIpc) is 2.19. The molecule has 0 heterocycles. The fraction of sp³-hybridized carbons (Fsp3) is 0.538. The van der Waals surface area contributed by atoms with Gasteiger partial charge in [-0.05, 0) is 43.9 Å². The minimum atomic E-state index is -4.20. The third-order valence-electron chi connectivity index (χ3n) is 3.00. The Balaban J connectivity index is 2.89. The van der Waals surface area contributed by atoms with Gasteiger partial charge in [-0.25, -0.2) is 0 Å². The second kappa shape index (κ2) is 5.71. The van der Waals surface area contributed by atoms with Crippen molar-refractivity contribution in [3.63, 3.8) is 0 Å². The summed E-state index contributed by atoms with van der Waals surface area (Å²) in [7, 11) is 0. The first-order valence-corrected chi connectivity index (χ1v) is 5.82. The van der Waals surface area contributed by atoms with E-state index in [9.17, 15) is 13.2 Å². The van der Waals surface area contributed by atoms with Crippen LogP contribution in [0.1, 0.15) is 28.7 Å². The van der Waals surface area contributed by atoms with Crippen LogP contribution < -0.4 is 11.3 Å². The molecule has 0 spiro atoms. The van der Waals surface area contributed by atoms with E-state index in [-0.39, 0.29) is 6.42 Å². The molecular weight excluding hydrogens is 241 g/mol. The van der Waals surface area contributed by atoms with E-state index in [1.807, 2.05) is 32.9 Å². The van der Waals surface area contributed by atoms with Gasteiger partial charge < -0.3 is 0 Å². The van der Waals surface area contributed by atoms with Gasteiger partial charge in [-0.1, -0.05) is 17.7 Å². The predicted molar refractivity (Wildman–Crippen MR) is 66.1 cm³/mol. The van der Waals surface area contributed by atoms with Crippen molar-refractivity contribution in [3.05, 3.63) is 34.4 Å². The molecule has 0 fully saturated rings. The maximum Gasteiger partial charge on any atom is 0.390 e. The third kappa shape index (κ3) is 4.31. The molecular formula is C13H19F3N2. The average molecular weight is 260 g/mol. The van der Waals surface area contributed by atoms with E-state index in [0.29, 0.717) is 0 Å². The van der Waals surface area contributed by atoms with E-state index in [4.69, 9.17) is 5.84 Å². The molecule has 0 aromatic heterocycles. The van der Waals surface area contributed by atoms with Crippen LogP contribution in [0, 0.1) is 20.8 Å². The zero-order chi connectivity index (χ0) is 13.9. The minimum Gasteiger partial charge on any atom is -0.271 e. The summed E-state index contributed by atoms with van der Waals surface area (Å²) in [4.78, 5) is 0. The molecule has 0 bridgehead atoms. The van der Waals surface area contributed by atoms with Crippen LogP contribution in [0.5, 0.6) is 0 Å². The van der Waals surface area contributed by atoms with E-state index in [2.05, 4.69) is 5.43 Å². The van der Waals surface area contributed by atoms with Gasteiger partial charge in [0, 0.05) is 6.04 Å². The summed E-state index contributed by atoms with van der Waals surface area (Å²) in [5, 5.41) is 0. The van der Waals surface area contributed by atoms with Crippen molar-refractivity contribution in [3.8, 4) is 0 Å². The monoisotopic (exact) mass is 260 g/mol. The fourth-order valence-electron chi connectivity index (χ4n) is 2.25. The molecule has 0 amide bonds. The highest BCUT2D eigenvalue weighted by molar-refractivity contribution is 5.38. The van der Waals surface area contributed by atoms with Crippen LogP contribution in [-0.2, 0) is 6.42 Å². The van der Waals surface area contributed by atoms with Crippen molar-refractivity contribution in [2.45, 2.75) is 45.8 Å². The quantitative estimate of drug-likeness (QED) is 0.645. The van der Waals surface area contributed by atoms with Gasteiger partial charge in [-0.15, -0.1) is 0 Å². The van der Waals surface area contributed by atoms with Crippen LogP contribution in [0.3, 0.4) is 0 Å². The van der Waals surface area contributed by atoms with E-state index in [1.54, 1.807) is 0 Å². The topological polar surface area (TPSA) is 38.0 Å². The molecule has 0 aliphatic carbocycles. The van der Waals surface area contributed by atoms with Gasteiger partial charge >= 0.3 is 6.18 Å². The Morgan fingerprint density at radius 2 is 1.67 bits per heavy atom. The Morgan fingerprint density at radius 1 is 1.17 bits per heavy atom. The number of aryl methyl sites for hydroxylation is 3. The summed E-state index contributed by atoms with van der Waals surface area (Å²) in [6, 6.07) is 3.16. The van der Waals surface area contributed by atoms with Crippen LogP contribution in [0.25, 0.3) is 0 Å². The van der Waals surface area contributed by atoms with E-state index < -0.39 is 18.6 Å². The van der Waals surface area contributed by atoms with Crippen LogP contribution in [-0.4, -0.2) is 12.2 Å². The van der Waals surface area contributed by atoms with Crippen LogP contribution >= 0.6 is 0 Å². The van der Waals surface area contributed by atoms with Gasteiger partial charge in [-0.2, -0.15) is 13.2 Å². The number of alkyl halides is 3. The summed E-state index contributed by atoms with van der Waals surface area (Å²) in [6.07, 6.45) is -4.84. The summed E-state index contributed by atoms with van der Waals surface area (Å²) < 4.78 is 37.1. The molecule has 3 N–H and O–H groups in total. The molecule has 1 aromatic rings. The standard InChI is InChI=1S/C13H19F3N2/c1-8-4-9(2)12(10(3)5-8)6-11(18-17)7-13(14,15)16/h4-5,11,18H,6-7,17H2,1-3H3. The van der Waals surface area contributed by atoms with Crippen molar-refractivity contribution in [1.82, 2.24) is 5.43 Å². The van der Waals surface area contributed by atoms with E-state index >= 15 is 0 Å². The maximum absolute atomic E-state index is 12.4. The summed E-state index contributed by atoms with van der Waals surface area (Å²) in [5.74, 6) is 5.21. The van der Waals surface area contributed by atoms with Gasteiger partial charge in [0.25, 0.3) is 0 Å². The summed E-state index contributed by atoms with van der Waals surface area (Å²) >= 11 is 0. The van der Waals surface area contributed by atoms with Gasteiger partial charge in [0.05, 0.1) is 6.42 Å². The van der Waals surface area contributed by atoms with Gasteiger partial charge in [0.1, 0.15) is 0 Å². The van der Waals surface area contributed by atoms with Crippen molar-refractivity contribution < 1.29 is 13.2 Å². The maximum atomic E-state index is 12.4. The number of hydrogen-bond acceptors (Lipinski definition) is 2. The largest absolute Gasteiger partial charge is 0.390 e. The van der Waals surface area contributed by atoms with Crippen molar-refractivity contribution in [2.24, 2.45) is 5.84 Å². The molecule has 0 radical (unpaired) electrons. The molecule has 102 valence electrons. The molecule has 0 saturated carbocycles. The van der Waals surface area contributed by atoms with E-state index in [1.165, 1.54) is 0 Å². The van der Waals surface area contributed by atoms with Crippen molar-refractivity contribution in [2.75, 3.05) is 0 Å². The smallest absolute Gasteiger partial charge is 0.271 e.